The summed E-state index contributed by atoms with van der Waals surface area (Å²) in [6.07, 6.45) is 0.729. The van der Waals surface area contributed by atoms with E-state index >= 15 is 0 Å². The standard InChI is InChI=1S/C8H17NO2.H2/c1-4-7(3)6-11-8(10)9-5-2;/h7H,4-6H2,1-3H3,(H,9,10);1H. The highest BCUT2D eigenvalue weighted by atomic mass is 16.5. The molecule has 0 aromatic rings. The second kappa shape index (κ2) is 6.01. The van der Waals surface area contributed by atoms with Gasteiger partial charge in [-0.05, 0) is 12.8 Å². The van der Waals surface area contributed by atoms with Crippen molar-refractivity contribution < 1.29 is 11.0 Å². The second-order valence-corrected chi connectivity index (χ2v) is 2.64. The zero-order chi connectivity index (χ0) is 8.69. The molecule has 0 aliphatic carbocycles. The van der Waals surface area contributed by atoms with Gasteiger partial charge in [0.05, 0.1) is 6.61 Å². The van der Waals surface area contributed by atoms with Crippen molar-refractivity contribution in [1.82, 2.24) is 5.32 Å². The van der Waals surface area contributed by atoms with Gasteiger partial charge in [-0.1, -0.05) is 20.3 Å². The van der Waals surface area contributed by atoms with Gasteiger partial charge in [-0.2, -0.15) is 0 Å². The summed E-state index contributed by atoms with van der Waals surface area (Å²) in [6.45, 7) is 7.14. The van der Waals surface area contributed by atoms with Gasteiger partial charge in [-0.3, -0.25) is 0 Å². The molecule has 0 fully saturated rings. The first-order chi connectivity index (χ1) is 5.20. The van der Waals surface area contributed by atoms with E-state index in [2.05, 4.69) is 19.2 Å². The van der Waals surface area contributed by atoms with Crippen LogP contribution < -0.4 is 5.32 Å². The van der Waals surface area contributed by atoms with Crippen molar-refractivity contribution in [3.05, 3.63) is 0 Å². The van der Waals surface area contributed by atoms with Crippen LogP contribution in [-0.2, 0) is 4.74 Å². The maximum atomic E-state index is 10.7. The summed E-state index contributed by atoms with van der Waals surface area (Å²) in [5.74, 6) is 0.456. The Morgan fingerprint density at radius 2 is 2.27 bits per heavy atom. The van der Waals surface area contributed by atoms with Crippen LogP contribution >= 0.6 is 0 Å². The molecule has 1 N–H and O–H groups in total. The molecule has 0 saturated heterocycles. The third kappa shape index (κ3) is 5.70. The molecule has 0 spiro atoms. The van der Waals surface area contributed by atoms with Crippen molar-refractivity contribution >= 4 is 6.09 Å². The smallest absolute Gasteiger partial charge is 0.407 e. The van der Waals surface area contributed by atoms with Gasteiger partial charge in [0.1, 0.15) is 0 Å². The zero-order valence-corrected chi connectivity index (χ0v) is 7.52. The molecule has 0 aromatic carbocycles. The van der Waals surface area contributed by atoms with E-state index in [-0.39, 0.29) is 7.52 Å². The van der Waals surface area contributed by atoms with Crippen LogP contribution in [0.1, 0.15) is 28.6 Å². The van der Waals surface area contributed by atoms with E-state index in [1.165, 1.54) is 0 Å². The average Bonchev–Trinajstić information content (AvgIpc) is 2.01. The summed E-state index contributed by atoms with van der Waals surface area (Å²) in [4.78, 5) is 10.7. The quantitative estimate of drug-likeness (QED) is 0.685. The van der Waals surface area contributed by atoms with E-state index in [0.29, 0.717) is 19.1 Å². The fourth-order valence-electron chi connectivity index (χ4n) is 0.531. The Labute approximate surface area is 69.6 Å². The first kappa shape index (κ1) is 10.3. The summed E-state index contributed by atoms with van der Waals surface area (Å²) >= 11 is 0. The van der Waals surface area contributed by atoms with Gasteiger partial charge < -0.3 is 10.1 Å². The summed E-state index contributed by atoms with van der Waals surface area (Å²) in [5, 5.41) is 2.56. The number of carbonyl (C=O) groups excluding carboxylic acids is 1. The van der Waals surface area contributed by atoms with Crippen LogP contribution in [0.15, 0.2) is 0 Å². The monoisotopic (exact) mass is 161 g/mol. The summed E-state index contributed by atoms with van der Waals surface area (Å²) in [7, 11) is 0. The number of hydrogen-bond donors (Lipinski definition) is 1. The van der Waals surface area contributed by atoms with Gasteiger partial charge in [0.15, 0.2) is 0 Å². The van der Waals surface area contributed by atoms with Gasteiger partial charge in [-0.15, -0.1) is 0 Å². The van der Waals surface area contributed by atoms with Gasteiger partial charge in [0.2, 0.25) is 0 Å². The largest absolute Gasteiger partial charge is 0.449 e. The van der Waals surface area contributed by atoms with E-state index < -0.39 is 0 Å². The number of ether oxygens (including phenoxy) is 1. The maximum absolute atomic E-state index is 10.7. The number of hydrogen-bond acceptors (Lipinski definition) is 2. The third-order valence-corrected chi connectivity index (χ3v) is 1.52. The van der Waals surface area contributed by atoms with Crippen LogP contribution in [-0.4, -0.2) is 19.2 Å². The molecular formula is C8H19NO2. The normalized spacial score (nSPS) is 12.3. The first-order valence-electron chi connectivity index (χ1n) is 4.11. The van der Waals surface area contributed by atoms with Crippen molar-refractivity contribution in [2.75, 3.05) is 13.2 Å². The van der Waals surface area contributed by atoms with Crippen molar-refractivity contribution in [2.45, 2.75) is 27.2 Å². The molecule has 68 valence electrons. The highest BCUT2D eigenvalue weighted by molar-refractivity contribution is 5.66. The number of carbonyl (C=O) groups is 1. The Balaban J connectivity index is 0. The van der Waals surface area contributed by atoms with Crippen molar-refractivity contribution in [2.24, 2.45) is 5.92 Å². The van der Waals surface area contributed by atoms with Gasteiger partial charge in [0, 0.05) is 7.97 Å². The van der Waals surface area contributed by atoms with E-state index in [0.717, 1.165) is 6.42 Å². The second-order valence-electron chi connectivity index (χ2n) is 2.64. The molecule has 0 aliphatic heterocycles. The number of rotatable bonds is 4. The topological polar surface area (TPSA) is 38.3 Å². The Morgan fingerprint density at radius 3 is 2.73 bits per heavy atom. The Hall–Kier alpha value is -0.730. The molecule has 3 nitrogen and oxygen atoms in total. The molecule has 11 heavy (non-hydrogen) atoms. The van der Waals surface area contributed by atoms with E-state index in [9.17, 15) is 4.79 Å². The fourth-order valence-corrected chi connectivity index (χ4v) is 0.531. The molecule has 0 bridgehead atoms. The lowest BCUT2D eigenvalue weighted by Crippen LogP contribution is -2.25. The zero-order valence-electron chi connectivity index (χ0n) is 7.52. The highest BCUT2D eigenvalue weighted by Gasteiger charge is 2.02. The molecule has 0 saturated carbocycles. The Kier molecular flexibility index (Phi) is 5.61. The van der Waals surface area contributed by atoms with Crippen LogP contribution in [0.4, 0.5) is 4.79 Å². The minimum Gasteiger partial charge on any atom is -0.449 e. The minimum atomic E-state index is -0.312. The van der Waals surface area contributed by atoms with E-state index in [4.69, 9.17) is 4.74 Å². The van der Waals surface area contributed by atoms with E-state index in [1.54, 1.807) is 0 Å². The molecule has 0 radical (unpaired) electrons. The first-order valence-corrected chi connectivity index (χ1v) is 4.11. The summed E-state index contributed by atoms with van der Waals surface area (Å²) in [6, 6.07) is 0. The third-order valence-electron chi connectivity index (χ3n) is 1.52. The van der Waals surface area contributed by atoms with Gasteiger partial charge in [-0.25, -0.2) is 4.79 Å². The van der Waals surface area contributed by atoms with Gasteiger partial charge in [0.25, 0.3) is 0 Å². The van der Waals surface area contributed by atoms with Crippen LogP contribution in [0.2, 0.25) is 0 Å². The predicted octanol–water partition coefficient (Wildman–Crippen LogP) is 2.02. The van der Waals surface area contributed by atoms with Crippen LogP contribution in [0.25, 0.3) is 0 Å². The fraction of sp³-hybridized carbons (Fsp3) is 0.875. The summed E-state index contributed by atoms with van der Waals surface area (Å²) in [5.41, 5.74) is 0. The average molecular weight is 161 g/mol. The molecule has 3 heteroatoms. The molecule has 0 aromatic heterocycles. The molecule has 1 unspecified atom stereocenters. The molecule has 0 aliphatic rings. The summed E-state index contributed by atoms with van der Waals surface area (Å²) < 4.78 is 4.89. The predicted molar refractivity (Wildman–Crippen MR) is 46.6 cm³/mol. The Morgan fingerprint density at radius 1 is 1.64 bits per heavy atom. The molecule has 1 atom stereocenters. The highest BCUT2D eigenvalue weighted by Crippen LogP contribution is 1.99. The van der Waals surface area contributed by atoms with Gasteiger partial charge >= 0.3 is 6.09 Å². The van der Waals surface area contributed by atoms with E-state index in [1.807, 2.05) is 6.92 Å². The maximum Gasteiger partial charge on any atom is 0.407 e. The molecule has 0 rings (SSSR count). The van der Waals surface area contributed by atoms with Crippen LogP contribution in [0, 0.1) is 5.92 Å². The van der Waals surface area contributed by atoms with Crippen molar-refractivity contribution in [1.29, 1.82) is 0 Å². The Bertz CT molecular complexity index is 120. The van der Waals surface area contributed by atoms with Crippen LogP contribution in [0.5, 0.6) is 0 Å². The minimum absolute atomic E-state index is 0. The molecule has 1 amide bonds. The number of amides is 1. The lowest BCUT2D eigenvalue weighted by atomic mass is 10.1. The van der Waals surface area contributed by atoms with Crippen molar-refractivity contribution in [3.8, 4) is 0 Å². The SMILES string of the molecule is CCNC(=O)OCC(C)CC.[HH]. The lowest BCUT2D eigenvalue weighted by Gasteiger charge is -2.09. The number of alkyl carbamates (subject to hydrolysis) is 1. The molecule has 0 heterocycles. The van der Waals surface area contributed by atoms with Crippen molar-refractivity contribution in [3.63, 3.8) is 0 Å². The lowest BCUT2D eigenvalue weighted by molar-refractivity contribution is 0.129. The molecular weight excluding hydrogens is 142 g/mol. The van der Waals surface area contributed by atoms with Crippen LogP contribution in [0.3, 0.4) is 0 Å². The number of nitrogens with one attached hydrogen (secondary N) is 1.